The third kappa shape index (κ3) is 5.02. The van der Waals surface area contributed by atoms with Gasteiger partial charge in [0.15, 0.2) is 5.78 Å². The largest absolute Gasteiger partial charge is 0.326 e. The number of Topliss-reactive ketones (excluding diaryl/α,β-unsaturated/α-hetero) is 1. The molecular formula is C22H19ClN2O2. The number of benzene rings is 2. The van der Waals surface area contributed by atoms with Crippen LogP contribution in [0.15, 0.2) is 73.1 Å². The Bertz CT molecular complexity index is 923. The Kier molecular flexibility index (Phi) is 5.99. The minimum absolute atomic E-state index is 0.0107. The van der Waals surface area contributed by atoms with Gasteiger partial charge in [0.1, 0.15) is 0 Å². The van der Waals surface area contributed by atoms with Crippen LogP contribution in [0.1, 0.15) is 34.3 Å². The number of carbonyl (C=O) groups is 2. The average Bonchev–Trinajstić information content (AvgIpc) is 2.68. The second-order valence-electron chi connectivity index (χ2n) is 6.29. The van der Waals surface area contributed by atoms with Gasteiger partial charge in [-0.25, -0.2) is 0 Å². The zero-order valence-electron chi connectivity index (χ0n) is 14.9. The van der Waals surface area contributed by atoms with E-state index in [9.17, 15) is 9.59 Å². The molecule has 0 spiro atoms. The number of ketones is 1. The Hall–Kier alpha value is -2.98. The molecule has 2 aromatic carbocycles. The molecule has 0 fully saturated rings. The number of aromatic nitrogens is 1. The molecule has 1 aromatic heterocycles. The smallest absolute Gasteiger partial charge is 0.232 e. The minimum Gasteiger partial charge on any atom is -0.326 e. The van der Waals surface area contributed by atoms with Crippen molar-refractivity contribution in [1.82, 2.24) is 4.98 Å². The highest BCUT2D eigenvalue weighted by molar-refractivity contribution is 6.30. The summed E-state index contributed by atoms with van der Waals surface area (Å²) in [4.78, 5) is 28.5. The molecule has 0 radical (unpaired) electrons. The molecule has 136 valence electrons. The molecule has 0 saturated heterocycles. The van der Waals surface area contributed by atoms with Crippen molar-refractivity contribution >= 4 is 29.0 Å². The summed E-state index contributed by atoms with van der Waals surface area (Å²) in [6, 6.07) is 18.0. The Morgan fingerprint density at radius 2 is 1.74 bits per heavy atom. The predicted octanol–water partition coefficient (Wildman–Crippen LogP) is 4.90. The van der Waals surface area contributed by atoms with Crippen molar-refractivity contribution in [1.29, 1.82) is 0 Å². The molecule has 0 aliphatic heterocycles. The average molecular weight is 379 g/mol. The molecule has 1 amide bonds. The van der Waals surface area contributed by atoms with Crippen LogP contribution in [0.5, 0.6) is 0 Å². The number of carbonyl (C=O) groups excluding carboxylic acids is 2. The van der Waals surface area contributed by atoms with Gasteiger partial charge < -0.3 is 5.32 Å². The second kappa shape index (κ2) is 8.60. The van der Waals surface area contributed by atoms with Crippen molar-refractivity contribution < 1.29 is 9.59 Å². The van der Waals surface area contributed by atoms with E-state index in [1.807, 2.05) is 24.3 Å². The van der Waals surface area contributed by atoms with Crippen LogP contribution in [0.4, 0.5) is 5.69 Å². The second-order valence-corrected chi connectivity index (χ2v) is 6.73. The highest BCUT2D eigenvalue weighted by Crippen LogP contribution is 2.24. The standard InChI is InChI=1S/C22H19ClN2O2/c1-15(26)17-6-10-20(11-7-17)25-22(27)21(13-16-3-2-12-24-14-16)18-4-8-19(23)9-5-18/h2-12,14,21H,13H2,1H3,(H,25,27). The zero-order valence-corrected chi connectivity index (χ0v) is 15.6. The number of amides is 1. The maximum atomic E-state index is 13.0. The fourth-order valence-electron chi connectivity index (χ4n) is 2.83. The number of hydrogen-bond donors (Lipinski definition) is 1. The number of nitrogens with one attached hydrogen (secondary N) is 1. The SMILES string of the molecule is CC(=O)c1ccc(NC(=O)C(Cc2cccnc2)c2ccc(Cl)cc2)cc1. The van der Waals surface area contributed by atoms with E-state index in [2.05, 4.69) is 10.3 Å². The molecule has 27 heavy (non-hydrogen) atoms. The van der Waals surface area contributed by atoms with Crippen molar-refractivity contribution in [3.8, 4) is 0 Å². The van der Waals surface area contributed by atoms with Gasteiger partial charge in [-0.1, -0.05) is 29.8 Å². The van der Waals surface area contributed by atoms with Crippen LogP contribution >= 0.6 is 11.6 Å². The number of anilines is 1. The first-order chi connectivity index (χ1) is 13.0. The molecule has 1 heterocycles. The van der Waals surface area contributed by atoms with Gasteiger partial charge in [-0.3, -0.25) is 14.6 Å². The third-order valence-electron chi connectivity index (χ3n) is 4.31. The summed E-state index contributed by atoms with van der Waals surface area (Å²) in [7, 11) is 0. The Balaban J connectivity index is 1.83. The van der Waals surface area contributed by atoms with E-state index in [0.717, 1.165) is 11.1 Å². The van der Waals surface area contributed by atoms with Crippen LogP contribution in [0.25, 0.3) is 0 Å². The molecule has 0 bridgehead atoms. The summed E-state index contributed by atoms with van der Waals surface area (Å²) in [5.41, 5.74) is 3.10. The Morgan fingerprint density at radius 3 is 2.33 bits per heavy atom. The molecule has 0 saturated carbocycles. The molecule has 1 unspecified atom stereocenters. The highest BCUT2D eigenvalue weighted by Gasteiger charge is 2.21. The van der Waals surface area contributed by atoms with E-state index in [0.29, 0.717) is 22.7 Å². The van der Waals surface area contributed by atoms with Crippen molar-refractivity contribution in [2.75, 3.05) is 5.32 Å². The summed E-state index contributed by atoms with van der Waals surface area (Å²) in [6.07, 6.45) is 3.99. The normalized spacial score (nSPS) is 11.6. The molecule has 4 nitrogen and oxygen atoms in total. The van der Waals surface area contributed by atoms with Crippen molar-refractivity contribution in [2.24, 2.45) is 0 Å². The molecule has 3 rings (SSSR count). The molecular weight excluding hydrogens is 360 g/mol. The quantitative estimate of drug-likeness (QED) is 0.620. The van der Waals surface area contributed by atoms with Gasteiger partial charge in [-0.05, 0) is 66.9 Å². The van der Waals surface area contributed by atoms with E-state index in [1.54, 1.807) is 48.8 Å². The first kappa shape index (κ1) is 18.8. The molecule has 5 heteroatoms. The Labute approximate surface area is 163 Å². The van der Waals surface area contributed by atoms with Crippen molar-refractivity contribution in [2.45, 2.75) is 19.3 Å². The predicted molar refractivity (Wildman–Crippen MR) is 107 cm³/mol. The summed E-state index contributed by atoms with van der Waals surface area (Å²) >= 11 is 5.99. The molecule has 0 aliphatic rings. The maximum absolute atomic E-state index is 13.0. The van der Waals surface area contributed by atoms with Crippen LogP contribution in [0.3, 0.4) is 0 Å². The van der Waals surface area contributed by atoms with Crippen LogP contribution < -0.4 is 5.32 Å². The summed E-state index contributed by atoms with van der Waals surface area (Å²) < 4.78 is 0. The van der Waals surface area contributed by atoms with E-state index in [4.69, 9.17) is 11.6 Å². The van der Waals surface area contributed by atoms with E-state index in [1.165, 1.54) is 6.92 Å². The van der Waals surface area contributed by atoms with E-state index in [-0.39, 0.29) is 17.6 Å². The fraction of sp³-hybridized carbons (Fsp3) is 0.136. The monoisotopic (exact) mass is 378 g/mol. The number of nitrogens with zero attached hydrogens (tertiary/aromatic N) is 1. The van der Waals surface area contributed by atoms with Gasteiger partial charge >= 0.3 is 0 Å². The van der Waals surface area contributed by atoms with Gasteiger partial charge in [0.2, 0.25) is 5.91 Å². The van der Waals surface area contributed by atoms with Crippen LogP contribution in [-0.2, 0) is 11.2 Å². The van der Waals surface area contributed by atoms with Gasteiger partial charge in [-0.2, -0.15) is 0 Å². The molecule has 1 N–H and O–H groups in total. The van der Waals surface area contributed by atoms with Crippen LogP contribution in [0.2, 0.25) is 5.02 Å². The summed E-state index contributed by atoms with van der Waals surface area (Å²) in [5, 5.41) is 3.56. The number of rotatable bonds is 6. The van der Waals surface area contributed by atoms with Gasteiger partial charge in [0, 0.05) is 28.7 Å². The topological polar surface area (TPSA) is 59.1 Å². The number of halogens is 1. The lowest BCUT2D eigenvalue weighted by molar-refractivity contribution is -0.117. The van der Waals surface area contributed by atoms with Crippen LogP contribution in [-0.4, -0.2) is 16.7 Å². The highest BCUT2D eigenvalue weighted by atomic mass is 35.5. The van der Waals surface area contributed by atoms with Gasteiger partial charge in [0.05, 0.1) is 5.92 Å². The van der Waals surface area contributed by atoms with Gasteiger partial charge in [0.25, 0.3) is 0 Å². The summed E-state index contributed by atoms with van der Waals surface area (Å²) in [6.45, 7) is 1.51. The number of hydrogen-bond acceptors (Lipinski definition) is 3. The van der Waals surface area contributed by atoms with E-state index < -0.39 is 0 Å². The lowest BCUT2D eigenvalue weighted by Gasteiger charge is -2.18. The lowest BCUT2D eigenvalue weighted by Crippen LogP contribution is -2.23. The molecule has 0 aliphatic carbocycles. The minimum atomic E-state index is -0.390. The van der Waals surface area contributed by atoms with Crippen molar-refractivity contribution in [3.63, 3.8) is 0 Å². The lowest BCUT2D eigenvalue weighted by atomic mass is 9.91. The molecule has 3 aromatic rings. The third-order valence-corrected chi connectivity index (χ3v) is 4.56. The maximum Gasteiger partial charge on any atom is 0.232 e. The van der Waals surface area contributed by atoms with E-state index >= 15 is 0 Å². The van der Waals surface area contributed by atoms with Crippen molar-refractivity contribution in [3.05, 3.63) is 94.8 Å². The first-order valence-electron chi connectivity index (χ1n) is 8.59. The number of pyridine rings is 1. The summed E-state index contributed by atoms with van der Waals surface area (Å²) in [5.74, 6) is -0.529. The molecule has 1 atom stereocenters. The Morgan fingerprint density at radius 1 is 1.04 bits per heavy atom. The first-order valence-corrected chi connectivity index (χ1v) is 8.97. The van der Waals surface area contributed by atoms with Gasteiger partial charge in [-0.15, -0.1) is 0 Å². The van der Waals surface area contributed by atoms with Crippen LogP contribution in [0, 0.1) is 0 Å². The fourth-order valence-corrected chi connectivity index (χ4v) is 2.96. The zero-order chi connectivity index (χ0) is 19.2.